The molecule has 2 aromatic carbocycles. The summed E-state index contributed by atoms with van der Waals surface area (Å²) in [5.74, 6) is 1.65. The lowest BCUT2D eigenvalue weighted by Crippen LogP contribution is -2.16. The third kappa shape index (κ3) is 4.69. The Hall–Kier alpha value is -3.32. The number of anilines is 3. The minimum Gasteiger partial charge on any atom is -0.497 e. The maximum absolute atomic E-state index is 12.7. The monoisotopic (exact) mass is 398 g/mol. The molecule has 3 rings (SSSR count). The molecule has 0 aliphatic rings. The number of aryl methyl sites for hydroxylation is 1. The summed E-state index contributed by atoms with van der Waals surface area (Å²) in [4.78, 5) is 21.3. The van der Waals surface area contributed by atoms with E-state index in [4.69, 9.17) is 21.1 Å². The quantitative estimate of drug-likeness (QED) is 0.638. The molecule has 3 aromatic rings. The van der Waals surface area contributed by atoms with Crippen LogP contribution in [0.1, 0.15) is 16.3 Å². The Morgan fingerprint density at radius 3 is 2.57 bits per heavy atom. The fourth-order valence-electron chi connectivity index (χ4n) is 2.56. The lowest BCUT2D eigenvalue weighted by molar-refractivity contribution is 0.102. The van der Waals surface area contributed by atoms with Crippen LogP contribution >= 0.6 is 11.6 Å². The van der Waals surface area contributed by atoms with Crippen LogP contribution in [0.2, 0.25) is 5.02 Å². The van der Waals surface area contributed by atoms with Crippen molar-refractivity contribution in [1.29, 1.82) is 0 Å². The number of amides is 1. The zero-order valence-electron chi connectivity index (χ0n) is 15.6. The van der Waals surface area contributed by atoms with Gasteiger partial charge in [-0.25, -0.2) is 9.97 Å². The molecule has 0 saturated heterocycles. The number of hydrogen-bond donors (Lipinski definition) is 2. The van der Waals surface area contributed by atoms with Gasteiger partial charge in [0, 0.05) is 22.8 Å². The van der Waals surface area contributed by atoms with Gasteiger partial charge in [-0.1, -0.05) is 17.7 Å². The van der Waals surface area contributed by atoms with E-state index in [1.54, 1.807) is 50.4 Å². The van der Waals surface area contributed by atoms with Crippen LogP contribution in [0.3, 0.4) is 0 Å². The van der Waals surface area contributed by atoms with Crippen molar-refractivity contribution < 1.29 is 14.3 Å². The number of benzene rings is 2. The molecule has 0 saturated carbocycles. The molecule has 8 heteroatoms. The lowest BCUT2D eigenvalue weighted by Gasteiger charge is -2.12. The summed E-state index contributed by atoms with van der Waals surface area (Å²) in [6.07, 6.45) is 0. The highest BCUT2D eigenvalue weighted by atomic mass is 35.5. The van der Waals surface area contributed by atoms with Crippen molar-refractivity contribution in [2.24, 2.45) is 0 Å². The van der Waals surface area contributed by atoms with E-state index in [0.717, 1.165) is 5.69 Å². The van der Waals surface area contributed by atoms with Crippen molar-refractivity contribution in [1.82, 2.24) is 9.97 Å². The standard InChI is InChI=1S/C20H19ClN4O3/c1-12-22-17(11-19(23-12)24-14-6-4-5-13(21)9-14)20(26)25-16-10-15(27-2)7-8-18(16)28-3/h4-11H,1-3H3,(H,25,26)(H,22,23,24). The van der Waals surface area contributed by atoms with Crippen LogP contribution in [0.5, 0.6) is 11.5 Å². The molecule has 0 spiro atoms. The smallest absolute Gasteiger partial charge is 0.274 e. The van der Waals surface area contributed by atoms with Crippen LogP contribution < -0.4 is 20.1 Å². The van der Waals surface area contributed by atoms with E-state index < -0.39 is 5.91 Å². The molecule has 0 unspecified atom stereocenters. The normalized spacial score (nSPS) is 10.3. The van der Waals surface area contributed by atoms with E-state index in [-0.39, 0.29) is 5.69 Å². The summed E-state index contributed by atoms with van der Waals surface area (Å²) >= 11 is 6.01. The summed E-state index contributed by atoms with van der Waals surface area (Å²) in [6.45, 7) is 1.71. The second-order valence-corrected chi connectivity index (χ2v) is 6.28. The molecule has 144 valence electrons. The topological polar surface area (TPSA) is 85.4 Å². The van der Waals surface area contributed by atoms with Crippen molar-refractivity contribution in [2.75, 3.05) is 24.9 Å². The number of methoxy groups -OCH3 is 2. The maximum Gasteiger partial charge on any atom is 0.274 e. The number of aromatic nitrogens is 2. The van der Waals surface area contributed by atoms with Gasteiger partial charge in [0.15, 0.2) is 0 Å². The van der Waals surface area contributed by atoms with Gasteiger partial charge in [0.1, 0.15) is 28.8 Å². The van der Waals surface area contributed by atoms with Gasteiger partial charge in [-0.05, 0) is 37.3 Å². The first-order chi connectivity index (χ1) is 13.5. The van der Waals surface area contributed by atoms with Crippen LogP contribution in [-0.2, 0) is 0 Å². The van der Waals surface area contributed by atoms with Crippen LogP contribution in [0.4, 0.5) is 17.2 Å². The van der Waals surface area contributed by atoms with Crippen molar-refractivity contribution in [3.8, 4) is 11.5 Å². The molecule has 1 aromatic heterocycles. The first kappa shape index (κ1) is 19.4. The molecule has 7 nitrogen and oxygen atoms in total. The zero-order valence-corrected chi connectivity index (χ0v) is 16.4. The predicted octanol–water partition coefficient (Wildman–Crippen LogP) is 4.45. The largest absolute Gasteiger partial charge is 0.497 e. The predicted molar refractivity (Wildman–Crippen MR) is 109 cm³/mol. The number of carbonyl (C=O) groups excluding carboxylic acids is 1. The number of hydrogen-bond acceptors (Lipinski definition) is 6. The van der Waals surface area contributed by atoms with Crippen LogP contribution in [0.25, 0.3) is 0 Å². The van der Waals surface area contributed by atoms with Gasteiger partial charge in [0.2, 0.25) is 0 Å². The van der Waals surface area contributed by atoms with Gasteiger partial charge < -0.3 is 20.1 Å². The lowest BCUT2D eigenvalue weighted by atomic mass is 10.2. The van der Waals surface area contributed by atoms with Gasteiger partial charge in [-0.3, -0.25) is 4.79 Å². The Bertz CT molecular complexity index is 1010. The minimum atomic E-state index is -0.397. The average Bonchev–Trinajstić information content (AvgIpc) is 2.67. The summed E-state index contributed by atoms with van der Waals surface area (Å²) in [6, 6.07) is 13.9. The average molecular weight is 399 g/mol. The van der Waals surface area contributed by atoms with E-state index >= 15 is 0 Å². The molecule has 2 N–H and O–H groups in total. The second-order valence-electron chi connectivity index (χ2n) is 5.84. The minimum absolute atomic E-state index is 0.210. The Morgan fingerprint density at radius 1 is 1.04 bits per heavy atom. The van der Waals surface area contributed by atoms with Crippen molar-refractivity contribution in [2.45, 2.75) is 6.92 Å². The molecular weight excluding hydrogens is 380 g/mol. The molecule has 0 radical (unpaired) electrons. The summed E-state index contributed by atoms with van der Waals surface area (Å²) in [5, 5.41) is 6.52. The molecule has 0 bridgehead atoms. The fraction of sp³-hybridized carbons (Fsp3) is 0.150. The highest BCUT2D eigenvalue weighted by Crippen LogP contribution is 2.29. The van der Waals surface area contributed by atoms with Gasteiger partial charge in [-0.15, -0.1) is 0 Å². The molecule has 0 fully saturated rings. The van der Waals surface area contributed by atoms with Crippen LogP contribution in [0, 0.1) is 6.92 Å². The third-order valence-corrected chi connectivity index (χ3v) is 4.06. The Morgan fingerprint density at radius 2 is 1.86 bits per heavy atom. The van der Waals surface area contributed by atoms with Gasteiger partial charge in [-0.2, -0.15) is 0 Å². The number of rotatable bonds is 6. The third-order valence-electron chi connectivity index (χ3n) is 3.82. The number of carbonyl (C=O) groups is 1. The highest BCUT2D eigenvalue weighted by Gasteiger charge is 2.14. The first-order valence-corrected chi connectivity index (χ1v) is 8.78. The Balaban J connectivity index is 1.85. The number of nitrogens with zero attached hydrogens (tertiary/aromatic N) is 2. The Labute approximate surface area is 167 Å². The van der Waals surface area contributed by atoms with E-state index in [1.165, 1.54) is 7.11 Å². The molecular formula is C20H19ClN4O3. The SMILES string of the molecule is COc1ccc(OC)c(NC(=O)c2cc(Nc3cccc(Cl)c3)nc(C)n2)c1. The van der Waals surface area contributed by atoms with Crippen molar-refractivity contribution in [3.05, 3.63) is 65.1 Å². The zero-order chi connectivity index (χ0) is 20.1. The number of nitrogens with one attached hydrogen (secondary N) is 2. The maximum atomic E-state index is 12.7. The first-order valence-electron chi connectivity index (χ1n) is 8.40. The van der Waals surface area contributed by atoms with Gasteiger partial charge in [0.25, 0.3) is 5.91 Å². The van der Waals surface area contributed by atoms with E-state index in [1.807, 2.05) is 12.1 Å². The Kier molecular flexibility index (Phi) is 5.96. The molecule has 0 atom stereocenters. The van der Waals surface area contributed by atoms with Crippen LogP contribution in [0.15, 0.2) is 48.5 Å². The van der Waals surface area contributed by atoms with E-state index in [0.29, 0.717) is 33.9 Å². The van der Waals surface area contributed by atoms with Crippen molar-refractivity contribution >= 4 is 34.7 Å². The van der Waals surface area contributed by atoms with E-state index in [9.17, 15) is 4.79 Å². The van der Waals surface area contributed by atoms with E-state index in [2.05, 4.69) is 20.6 Å². The fourth-order valence-corrected chi connectivity index (χ4v) is 2.75. The summed E-state index contributed by atoms with van der Waals surface area (Å²) < 4.78 is 10.5. The van der Waals surface area contributed by atoms with Gasteiger partial charge >= 0.3 is 0 Å². The molecule has 1 amide bonds. The van der Waals surface area contributed by atoms with Crippen molar-refractivity contribution in [3.63, 3.8) is 0 Å². The van der Waals surface area contributed by atoms with Crippen LogP contribution in [-0.4, -0.2) is 30.1 Å². The molecule has 28 heavy (non-hydrogen) atoms. The highest BCUT2D eigenvalue weighted by molar-refractivity contribution is 6.30. The summed E-state index contributed by atoms with van der Waals surface area (Å²) in [7, 11) is 3.08. The number of halogens is 1. The molecule has 0 aliphatic carbocycles. The molecule has 0 aliphatic heterocycles. The second kappa shape index (κ2) is 8.58. The van der Waals surface area contributed by atoms with Gasteiger partial charge in [0.05, 0.1) is 19.9 Å². The molecule has 1 heterocycles. The summed E-state index contributed by atoms with van der Waals surface area (Å²) in [5.41, 5.74) is 1.45. The number of ether oxygens (including phenoxy) is 2.